The Balaban J connectivity index is 1.16. The molecule has 1 amide bonds. The fourth-order valence-electron chi connectivity index (χ4n) is 5.86. The van der Waals surface area contributed by atoms with Gasteiger partial charge in [-0.3, -0.25) is 9.59 Å². The monoisotopic (exact) mass is 575 g/mol. The summed E-state index contributed by atoms with van der Waals surface area (Å²) in [6, 6.07) is 24.4. The van der Waals surface area contributed by atoms with Crippen molar-refractivity contribution in [3.63, 3.8) is 0 Å². The highest BCUT2D eigenvalue weighted by molar-refractivity contribution is 7.89. The number of carbonyl (C=O) groups is 2. The molecule has 8 nitrogen and oxygen atoms in total. The number of aryl methyl sites for hydroxylation is 1. The Kier molecular flexibility index (Phi) is 9.17. The van der Waals surface area contributed by atoms with Crippen molar-refractivity contribution in [2.45, 2.75) is 55.5 Å². The molecule has 0 bridgehead atoms. The van der Waals surface area contributed by atoms with Crippen molar-refractivity contribution in [1.29, 1.82) is 0 Å². The molecule has 1 aliphatic carbocycles. The standard InChI is InChI=1S/C32H37N3O5S/c36-31(37)19-8-23-6-9-24(10-7-23)25-13-17-29(18-14-25)41(39,40)34-28-15-11-27(12-16-28)32(38)35-21-20-33-22-30(35)26-4-2-1-3-5-26/h1-7,9-10,13-14,17-18,27-28,30,33-34H,8,11-12,15-16,19-22H2,(H,36,37)/t27?,28?,30-/m1/s1. The summed E-state index contributed by atoms with van der Waals surface area (Å²) < 4.78 is 29.1. The van der Waals surface area contributed by atoms with Crippen LogP contribution in [0.3, 0.4) is 0 Å². The van der Waals surface area contributed by atoms with Crippen LogP contribution in [-0.2, 0) is 26.0 Å². The number of hydrogen-bond donors (Lipinski definition) is 3. The van der Waals surface area contributed by atoms with Crippen molar-refractivity contribution >= 4 is 21.9 Å². The van der Waals surface area contributed by atoms with Gasteiger partial charge in [0.15, 0.2) is 0 Å². The average molecular weight is 576 g/mol. The van der Waals surface area contributed by atoms with Gasteiger partial charge >= 0.3 is 5.97 Å². The van der Waals surface area contributed by atoms with E-state index in [9.17, 15) is 18.0 Å². The van der Waals surface area contributed by atoms with Crippen molar-refractivity contribution in [3.8, 4) is 11.1 Å². The van der Waals surface area contributed by atoms with E-state index < -0.39 is 16.0 Å². The van der Waals surface area contributed by atoms with E-state index in [-0.39, 0.29) is 35.2 Å². The number of rotatable bonds is 9. The van der Waals surface area contributed by atoms with Gasteiger partial charge in [0.2, 0.25) is 15.9 Å². The lowest BCUT2D eigenvalue weighted by molar-refractivity contribution is -0.140. The van der Waals surface area contributed by atoms with Gasteiger partial charge in [-0.1, -0.05) is 66.7 Å². The summed E-state index contributed by atoms with van der Waals surface area (Å²) in [7, 11) is -3.69. The molecule has 0 spiro atoms. The Morgan fingerprint density at radius 1 is 0.878 bits per heavy atom. The number of amides is 1. The number of carboxylic acid groups (broad SMARTS) is 1. The van der Waals surface area contributed by atoms with E-state index in [1.54, 1.807) is 24.3 Å². The van der Waals surface area contributed by atoms with E-state index in [0.29, 0.717) is 38.6 Å². The molecule has 2 aliphatic rings. The number of nitrogens with zero attached hydrogens (tertiary/aromatic N) is 1. The van der Waals surface area contributed by atoms with Crippen molar-refractivity contribution in [3.05, 3.63) is 90.0 Å². The molecule has 1 saturated heterocycles. The number of piperazine rings is 1. The molecular formula is C32H37N3O5S. The molecule has 3 N–H and O–H groups in total. The number of hydrogen-bond acceptors (Lipinski definition) is 5. The maximum atomic E-state index is 13.5. The summed E-state index contributed by atoms with van der Waals surface area (Å²) in [6.07, 6.45) is 3.14. The first kappa shape index (κ1) is 29.0. The predicted molar refractivity (Wildman–Crippen MR) is 158 cm³/mol. The Hall–Kier alpha value is -3.53. The smallest absolute Gasteiger partial charge is 0.303 e. The lowest BCUT2D eigenvalue weighted by Crippen LogP contribution is -2.51. The zero-order valence-corrected chi connectivity index (χ0v) is 23.9. The van der Waals surface area contributed by atoms with Crippen LogP contribution in [0, 0.1) is 5.92 Å². The molecule has 41 heavy (non-hydrogen) atoms. The summed E-state index contributed by atoms with van der Waals surface area (Å²) in [6.45, 7) is 2.19. The van der Waals surface area contributed by atoms with Crippen LogP contribution in [0.5, 0.6) is 0 Å². The van der Waals surface area contributed by atoms with Crippen LogP contribution in [-0.4, -0.2) is 56.0 Å². The zero-order valence-electron chi connectivity index (χ0n) is 23.0. The molecule has 0 aromatic heterocycles. The first-order valence-electron chi connectivity index (χ1n) is 14.3. The number of aliphatic carboxylic acids is 1. The summed E-state index contributed by atoms with van der Waals surface area (Å²) in [5, 5.41) is 12.3. The molecule has 1 aliphatic heterocycles. The molecule has 5 rings (SSSR count). The van der Waals surface area contributed by atoms with Crippen LogP contribution in [0.1, 0.15) is 49.3 Å². The summed E-state index contributed by atoms with van der Waals surface area (Å²) in [5.74, 6) is -0.741. The first-order chi connectivity index (χ1) is 19.8. The van der Waals surface area contributed by atoms with E-state index in [1.165, 1.54) is 0 Å². The highest BCUT2D eigenvalue weighted by atomic mass is 32.2. The van der Waals surface area contributed by atoms with Crippen LogP contribution in [0.2, 0.25) is 0 Å². The number of carbonyl (C=O) groups excluding carboxylic acids is 1. The van der Waals surface area contributed by atoms with Crippen molar-refractivity contribution in [2.75, 3.05) is 19.6 Å². The fourth-order valence-corrected chi connectivity index (χ4v) is 7.17. The number of benzene rings is 3. The van der Waals surface area contributed by atoms with Crippen LogP contribution in [0.15, 0.2) is 83.8 Å². The SMILES string of the molecule is O=C(O)CCc1ccc(-c2ccc(S(=O)(=O)NC3CCC(C(=O)N4CCNC[C@@H]4c4ccccc4)CC3)cc2)cc1. The van der Waals surface area contributed by atoms with Gasteiger partial charge in [0.25, 0.3) is 0 Å². The quantitative estimate of drug-likeness (QED) is 0.349. The third-order valence-corrected chi connectivity index (χ3v) is 9.72. The Bertz CT molecular complexity index is 1430. The summed E-state index contributed by atoms with van der Waals surface area (Å²) in [4.78, 5) is 26.5. The minimum Gasteiger partial charge on any atom is -0.481 e. The second-order valence-electron chi connectivity index (χ2n) is 10.9. The minimum absolute atomic E-state index is 0.0199. The number of sulfonamides is 1. The third kappa shape index (κ3) is 7.22. The second-order valence-corrected chi connectivity index (χ2v) is 12.7. The second kappa shape index (κ2) is 13.0. The van der Waals surface area contributed by atoms with Crippen LogP contribution in [0.4, 0.5) is 0 Å². The van der Waals surface area contributed by atoms with Gasteiger partial charge in [-0.25, -0.2) is 13.1 Å². The molecule has 3 aromatic rings. The van der Waals surface area contributed by atoms with Gasteiger partial charge in [0.05, 0.1) is 10.9 Å². The Labute approximate surface area is 241 Å². The van der Waals surface area contributed by atoms with Gasteiger partial charge in [-0.2, -0.15) is 0 Å². The van der Waals surface area contributed by atoms with Crippen molar-refractivity contribution in [2.24, 2.45) is 5.92 Å². The molecule has 9 heteroatoms. The summed E-state index contributed by atoms with van der Waals surface area (Å²) >= 11 is 0. The lowest BCUT2D eigenvalue weighted by atomic mass is 9.85. The molecule has 216 valence electrons. The van der Waals surface area contributed by atoms with E-state index in [1.807, 2.05) is 47.4 Å². The molecule has 2 fully saturated rings. The van der Waals surface area contributed by atoms with Gasteiger partial charge in [0, 0.05) is 38.0 Å². The van der Waals surface area contributed by atoms with Gasteiger partial charge in [0.1, 0.15) is 0 Å². The van der Waals surface area contributed by atoms with E-state index in [4.69, 9.17) is 5.11 Å². The fraction of sp³-hybridized carbons (Fsp3) is 0.375. The van der Waals surface area contributed by atoms with Gasteiger partial charge < -0.3 is 15.3 Å². The van der Waals surface area contributed by atoms with Crippen LogP contribution < -0.4 is 10.0 Å². The van der Waals surface area contributed by atoms with Gasteiger partial charge in [-0.15, -0.1) is 0 Å². The predicted octanol–water partition coefficient (Wildman–Crippen LogP) is 4.38. The summed E-state index contributed by atoms with van der Waals surface area (Å²) in [5.41, 5.74) is 3.89. The van der Waals surface area contributed by atoms with E-state index in [0.717, 1.165) is 35.3 Å². The normalized spacial score (nSPS) is 21.4. The molecule has 1 atom stereocenters. The van der Waals surface area contributed by atoms with Gasteiger partial charge in [-0.05, 0) is 66.5 Å². The maximum Gasteiger partial charge on any atom is 0.303 e. The Morgan fingerprint density at radius 3 is 2.15 bits per heavy atom. The lowest BCUT2D eigenvalue weighted by Gasteiger charge is -2.40. The highest BCUT2D eigenvalue weighted by Gasteiger charge is 2.35. The minimum atomic E-state index is -3.69. The van der Waals surface area contributed by atoms with Crippen LogP contribution in [0.25, 0.3) is 11.1 Å². The van der Waals surface area contributed by atoms with E-state index >= 15 is 0 Å². The molecule has 0 radical (unpaired) electrons. The number of carboxylic acids is 1. The molecule has 3 aromatic carbocycles. The van der Waals surface area contributed by atoms with Crippen molar-refractivity contribution in [1.82, 2.24) is 14.9 Å². The molecular weight excluding hydrogens is 538 g/mol. The molecule has 1 heterocycles. The van der Waals surface area contributed by atoms with E-state index in [2.05, 4.69) is 22.2 Å². The Morgan fingerprint density at radius 2 is 1.51 bits per heavy atom. The molecule has 0 unspecified atom stereocenters. The largest absolute Gasteiger partial charge is 0.481 e. The maximum absolute atomic E-state index is 13.5. The van der Waals surface area contributed by atoms with Crippen molar-refractivity contribution < 1.29 is 23.1 Å². The average Bonchev–Trinajstić information content (AvgIpc) is 3.00. The number of nitrogens with one attached hydrogen (secondary N) is 2. The first-order valence-corrected chi connectivity index (χ1v) is 15.8. The topological polar surface area (TPSA) is 116 Å². The zero-order chi connectivity index (χ0) is 28.8. The highest BCUT2D eigenvalue weighted by Crippen LogP contribution is 2.31. The third-order valence-electron chi connectivity index (χ3n) is 8.19. The molecule has 1 saturated carbocycles. The van der Waals surface area contributed by atoms with Crippen LogP contribution >= 0.6 is 0 Å².